The summed E-state index contributed by atoms with van der Waals surface area (Å²) in [6.07, 6.45) is 0.185. The minimum atomic E-state index is -1.38. The number of fused-ring (bicyclic) bond motifs is 4. The highest BCUT2D eigenvalue weighted by atomic mass is 16.2. The van der Waals surface area contributed by atoms with Crippen LogP contribution in [0, 0.1) is 5.41 Å². The second-order valence-corrected chi connectivity index (χ2v) is 8.16. The molecular weight excluding hydrogens is 374 g/mol. The lowest BCUT2D eigenvalue weighted by molar-refractivity contribution is -0.160. The van der Waals surface area contributed by atoms with Crippen LogP contribution in [-0.2, 0) is 20.8 Å². The van der Waals surface area contributed by atoms with Crippen LogP contribution in [0.5, 0.6) is 0 Å². The molecule has 1 aromatic rings. The maximum absolute atomic E-state index is 13.4. The number of imide groups is 2. The van der Waals surface area contributed by atoms with E-state index in [0.717, 1.165) is 27.6 Å². The van der Waals surface area contributed by atoms with Gasteiger partial charge in [-0.25, -0.2) is 4.79 Å². The van der Waals surface area contributed by atoms with E-state index in [1.165, 1.54) is 21.0 Å². The van der Waals surface area contributed by atoms with Gasteiger partial charge in [-0.1, -0.05) is 0 Å². The van der Waals surface area contributed by atoms with Crippen LogP contribution >= 0.6 is 0 Å². The number of barbiturate groups is 1. The van der Waals surface area contributed by atoms with Crippen molar-refractivity contribution in [3.05, 3.63) is 23.8 Å². The highest BCUT2D eigenvalue weighted by Gasteiger charge is 2.63. The first kappa shape index (κ1) is 19.4. The monoisotopic (exact) mass is 399 g/mol. The summed E-state index contributed by atoms with van der Waals surface area (Å²) in [6.45, 7) is 3.44. The Balaban J connectivity index is 1.88. The number of piperazine rings is 1. The number of carbonyl (C=O) groups excluding carboxylic acids is 4. The summed E-state index contributed by atoms with van der Waals surface area (Å²) in [5, 5.41) is 2.76. The van der Waals surface area contributed by atoms with Crippen LogP contribution in [0.2, 0.25) is 0 Å². The molecule has 0 radical (unpaired) electrons. The van der Waals surface area contributed by atoms with Gasteiger partial charge in [-0.2, -0.15) is 0 Å². The van der Waals surface area contributed by atoms with E-state index in [4.69, 9.17) is 0 Å². The first-order chi connectivity index (χ1) is 13.7. The van der Waals surface area contributed by atoms with Crippen LogP contribution in [0.15, 0.2) is 18.2 Å². The fourth-order valence-corrected chi connectivity index (χ4v) is 4.86. The molecule has 1 atom stereocenters. The molecule has 0 bridgehead atoms. The summed E-state index contributed by atoms with van der Waals surface area (Å²) >= 11 is 0. The van der Waals surface area contributed by atoms with E-state index in [1.54, 1.807) is 0 Å². The standard InChI is InChI=1S/C20H25N5O4/c1-12(26)21-14-5-6-15-13(9-14)10-20(16-11-22(2)7-8-25(15)16)17(27)23(3)19(29)24(4)18(20)28/h5-6,9,16H,7-8,10-11H2,1-4H3,(H,21,26)/t16-/m1/s1. The molecule has 2 saturated heterocycles. The molecule has 1 N–H and O–H groups in total. The SMILES string of the molecule is CC(=O)Nc1ccc2c(c1)CC1(C(=O)N(C)C(=O)N(C)C1=O)[C@H]1CN(C)CCN21. The van der Waals surface area contributed by atoms with Gasteiger partial charge < -0.3 is 15.1 Å². The Morgan fingerprint density at radius 2 is 1.72 bits per heavy atom. The van der Waals surface area contributed by atoms with Gasteiger partial charge >= 0.3 is 6.03 Å². The fraction of sp³-hybridized carbons (Fsp3) is 0.500. The number of carbonyl (C=O) groups is 4. The van der Waals surface area contributed by atoms with Crippen LogP contribution in [0.3, 0.4) is 0 Å². The third kappa shape index (κ3) is 2.71. The molecule has 0 aromatic heterocycles. The number of likely N-dealkylation sites (N-methyl/N-ethyl adjacent to an activating group) is 1. The first-order valence-corrected chi connectivity index (χ1v) is 9.63. The number of nitrogens with zero attached hydrogens (tertiary/aromatic N) is 4. The number of urea groups is 1. The van der Waals surface area contributed by atoms with Crippen molar-refractivity contribution in [2.45, 2.75) is 19.4 Å². The quantitative estimate of drug-likeness (QED) is 0.686. The van der Waals surface area contributed by atoms with E-state index >= 15 is 0 Å². The number of hydrogen-bond acceptors (Lipinski definition) is 6. The second-order valence-electron chi connectivity index (χ2n) is 8.16. The lowest BCUT2D eigenvalue weighted by Crippen LogP contribution is -2.74. The van der Waals surface area contributed by atoms with Crippen molar-refractivity contribution in [1.29, 1.82) is 0 Å². The average Bonchev–Trinajstić information content (AvgIpc) is 2.68. The molecule has 29 heavy (non-hydrogen) atoms. The van der Waals surface area contributed by atoms with E-state index < -0.39 is 23.3 Å². The lowest BCUT2D eigenvalue weighted by atomic mass is 9.67. The third-order valence-electron chi connectivity index (χ3n) is 6.28. The minimum absolute atomic E-state index is 0.185. The van der Waals surface area contributed by atoms with Gasteiger partial charge in [0.1, 0.15) is 0 Å². The van der Waals surface area contributed by atoms with Crippen molar-refractivity contribution in [3.8, 4) is 0 Å². The summed E-state index contributed by atoms with van der Waals surface area (Å²) in [6, 6.07) is 4.60. The van der Waals surface area contributed by atoms with Crippen molar-refractivity contribution < 1.29 is 19.2 Å². The molecule has 3 heterocycles. The van der Waals surface area contributed by atoms with Crippen molar-refractivity contribution in [1.82, 2.24) is 14.7 Å². The molecule has 0 unspecified atom stereocenters. The van der Waals surface area contributed by atoms with Crippen molar-refractivity contribution in [2.24, 2.45) is 5.41 Å². The Bertz CT molecular complexity index is 905. The van der Waals surface area contributed by atoms with Crippen LogP contribution < -0.4 is 10.2 Å². The molecule has 9 heteroatoms. The van der Waals surface area contributed by atoms with Crippen LogP contribution in [0.4, 0.5) is 16.2 Å². The molecule has 3 aliphatic rings. The zero-order valence-electron chi connectivity index (χ0n) is 17.1. The molecule has 154 valence electrons. The zero-order chi connectivity index (χ0) is 21.1. The van der Waals surface area contributed by atoms with Crippen LogP contribution in [0.25, 0.3) is 0 Å². The summed E-state index contributed by atoms with van der Waals surface area (Å²) in [4.78, 5) is 57.1. The van der Waals surface area contributed by atoms with E-state index in [0.29, 0.717) is 18.8 Å². The van der Waals surface area contributed by atoms with Crippen molar-refractivity contribution >= 4 is 35.1 Å². The Morgan fingerprint density at radius 3 is 2.34 bits per heavy atom. The summed E-state index contributed by atoms with van der Waals surface area (Å²) in [7, 11) is 4.82. The number of nitrogens with one attached hydrogen (secondary N) is 1. The van der Waals surface area contributed by atoms with E-state index in [1.807, 2.05) is 25.2 Å². The molecule has 2 fully saturated rings. The summed E-state index contributed by atoms with van der Waals surface area (Å²) in [5.74, 6) is -1.12. The number of amides is 5. The molecular formula is C20H25N5O4. The Hall–Kier alpha value is -2.94. The summed E-state index contributed by atoms with van der Waals surface area (Å²) < 4.78 is 0. The third-order valence-corrected chi connectivity index (χ3v) is 6.28. The zero-order valence-corrected chi connectivity index (χ0v) is 17.1. The lowest BCUT2D eigenvalue weighted by Gasteiger charge is -2.55. The molecule has 0 aliphatic carbocycles. The molecule has 1 spiro atoms. The smallest absolute Gasteiger partial charge is 0.332 e. The van der Waals surface area contributed by atoms with Crippen LogP contribution in [0.1, 0.15) is 12.5 Å². The van der Waals surface area contributed by atoms with Gasteiger partial charge in [-0.15, -0.1) is 0 Å². The van der Waals surface area contributed by atoms with E-state index in [9.17, 15) is 19.2 Å². The molecule has 0 saturated carbocycles. The van der Waals surface area contributed by atoms with Gasteiger partial charge in [0.15, 0.2) is 5.41 Å². The molecule has 9 nitrogen and oxygen atoms in total. The number of anilines is 2. The van der Waals surface area contributed by atoms with Gasteiger partial charge in [-0.05, 0) is 37.2 Å². The number of hydrogen-bond donors (Lipinski definition) is 1. The van der Waals surface area contributed by atoms with E-state index in [-0.39, 0.29) is 18.4 Å². The van der Waals surface area contributed by atoms with Gasteiger partial charge in [0, 0.05) is 52.0 Å². The maximum Gasteiger partial charge on any atom is 0.332 e. The van der Waals surface area contributed by atoms with Crippen molar-refractivity contribution in [2.75, 3.05) is 51.0 Å². The maximum atomic E-state index is 13.4. The highest BCUT2D eigenvalue weighted by Crippen LogP contribution is 2.47. The van der Waals surface area contributed by atoms with Gasteiger partial charge in [0.05, 0.1) is 6.04 Å². The van der Waals surface area contributed by atoms with Crippen molar-refractivity contribution in [3.63, 3.8) is 0 Å². The topological polar surface area (TPSA) is 93.3 Å². The number of benzene rings is 1. The van der Waals surface area contributed by atoms with Gasteiger partial charge in [0.2, 0.25) is 17.7 Å². The van der Waals surface area contributed by atoms with E-state index in [2.05, 4.69) is 15.1 Å². The van der Waals surface area contributed by atoms with Crippen LogP contribution in [-0.4, -0.2) is 85.3 Å². The molecule has 1 aromatic carbocycles. The Morgan fingerprint density at radius 1 is 1.07 bits per heavy atom. The highest BCUT2D eigenvalue weighted by molar-refractivity contribution is 6.20. The predicted octanol–water partition coefficient (Wildman–Crippen LogP) is 0.358. The molecule has 4 rings (SSSR count). The normalized spacial score (nSPS) is 23.9. The Kier molecular flexibility index (Phi) is 4.38. The predicted molar refractivity (Wildman–Crippen MR) is 106 cm³/mol. The Labute approximate surface area is 169 Å². The average molecular weight is 399 g/mol. The first-order valence-electron chi connectivity index (χ1n) is 9.63. The second kappa shape index (κ2) is 6.55. The molecule has 3 aliphatic heterocycles. The van der Waals surface area contributed by atoms with Gasteiger partial charge in [0.25, 0.3) is 0 Å². The largest absolute Gasteiger partial charge is 0.364 e. The fourth-order valence-electron chi connectivity index (χ4n) is 4.86. The summed E-state index contributed by atoms with van der Waals surface area (Å²) in [5.41, 5.74) is 1.02. The number of rotatable bonds is 1. The minimum Gasteiger partial charge on any atom is -0.364 e. The molecule has 5 amide bonds. The van der Waals surface area contributed by atoms with Gasteiger partial charge in [-0.3, -0.25) is 24.2 Å².